The Bertz CT molecular complexity index is 359. The highest BCUT2D eigenvalue weighted by Gasteiger charge is 2.29. The van der Waals surface area contributed by atoms with E-state index >= 15 is 0 Å². The van der Waals surface area contributed by atoms with E-state index in [2.05, 4.69) is 27.3 Å². The van der Waals surface area contributed by atoms with E-state index in [1.165, 1.54) is 36.3 Å². The predicted molar refractivity (Wildman–Crippen MR) is 65.0 cm³/mol. The molecule has 2 aliphatic rings. The smallest absolute Gasteiger partial charge is 0.153 e. The van der Waals surface area contributed by atoms with E-state index in [1.807, 2.05) is 0 Å². The first kappa shape index (κ1) is 10.1. The van der Waals surface area contributed by atoms with Crippen LogP contribution in [0.5, 0.6) is 0 Å². The van der Waals surface area contributed by atoms with Gasteiger partial charge in [-0.15, -0.1) is 0 Å². The standard InChI is InChI=1S/C12H20N4/c1-9-11(10-3-4-10)14-15-12(9)16-7-2-5-13-6-8-16/h10,13H,2-8H2,1H3,(H,14,15). The second-order valence-electron chi connectivity index (χ2n) is 4.95. The molecular formula is C12H20N4. The van der Waals surface area contributed by atoms with Gasteiger partial charge in [0.15, 0.2) is 5.82 Å². The molecule has 2 N–H and O–H groups in total. The second kappa shape index (κ2) is 4.09. The van der Waals surface area contributed by atoms with Gasteiger partial charge in [0.2, 0.25) is 0 Å². The number of hydrogen-bond donors (Lipinski definition) is 2. The van der Waals surface area contributed by atoms with Crippen molar-refractivity contribution in [3.63, 3.8) is 0 Å². The van der Waals surface area contributed by atoms with Crippen LogP contribution in [0.15, 0.2) is 0 Å². The summed E-state index contributed by atoms with van der Waals surface area (Å²) in [6.45, 7) is 6.63. The van der Waals surface area contributed by atoms with Crippen LogP contribution >= 0.6 is 0 Å². The van der Waals surface area contributed by atoms with Crippen molar-refractivity contribution in [3.8, 4) is 0 Å². The Morgan fingerprint density at radius 2 is 2.12 bits per heavy atom. The van der Waals surface area contributed by atoms with Crippen LogP contribution in [0.3, 0.4) is 0 Å². The molecule has 4 nitrogen and oxygen atoms in total. The lowest BCUT2D eigenvalue weighted by molar-refractivity contribution is 0.724. The second-order valence-corrected chi connectivity index (χ2v) is 4.95. The monoisotopic (exact) mass is 220 g/mol. The normalized spacial score (nSPS) is 22.2. The highest BCUT2D eigenvalue weighted by atomic mass is 15.3. The molecule has 0 amide bonds. The van der Waals surface area contributed by atoms with Gasteiger partial charge >= 0.3 is 0 Å². The van der Waals surface area contributed by atoms with E-state index < -0.39 is 0 Å². The highest BCUT2D eigenvalue weighted by Crippen LogP contribution is 2.42. The molecule has 4 heteroatoms. The van der Waals surface area contributed by atoms with Crippen LogP contribution in [0.2, 0.25) is 0 Å². The van der Waals surface area contributed by atoms with Crippen LogP contribution in [-0.2, 0) is 0 Å². The number of hydrogen-bond acceptors (Lipinski definition) is 3. The Balaban J connectivity index is 1.81. The molecule has 0 bridgehead atoms. The number of anilines is 1. The van der Waals surface area contributed by atoms with Gasteiger partial charge in [-0.25, -0.2) is 0 Å². The molecule has 1 aliphatic carbocycles. The van der Waals surface area contributed by atoms with Gasteiger partial charge in [0, 0.05) is 36.8 Å². The average molecular weight is 220 g/mol. The minimum atomic E-state index is 0.770. The average Bonchev–Trinajstić information content (AvgIpc) is 3.08. The van der Waals surface area contributed by atoms with Gasteiger partial charge in [-0.1, -0.05) is 0 Å². The van der Waals surface area contributed by atoms with Crippen LogP contribution in [0.25, 0.3) is 0 Å². The molecule has 2 heterocycles. The first-order chi connectivity index (χ1) is 7.86. The maximum absolute atomic E-state index is 4.52. The summed E-state index contributed by atoms with van der Waals surface area (Å²) in [5.74, 6) is 1.96. The summed E-state index contributed by atoms with van der Waals surface area (Å²) in [7, 11) is 0. The van der Waals surface area contributed by atoms with Crippen LogP contribution in [0.1, 0.15) is 36.4 Å². The first-order valence-electron chi connectivity index (χ1n) is 6.37. The lowest BCUT2D eigenvalue weighted by Gasteiger charge is -2.20. The van der Waals surface area contributed by atoms with Crippen molar-refractivity contribution in [1.29, 1.82) is 0 Å². The molecule has 1 saturated carbocycles. The van der Waals surface area contributed by atoms with Crippen molar-refractivity contribution in [3.05, 3.63) is 11.3 Å². The van der Waals surface area contributed by atoms with Gasteiger partial charge in [-0.05, 0) is 32.7 Å². The summed E-state index contributed by atoms with van der Waals surface area (Å²) in [4.78, 5) is 2.41. The van der Waals surface area contributed by atoms with Gasteiger partial charge in [0.25, 0.3) is 0 Å². The fourth-order valence-electron chi connectivity index (χ4n) is 2.54. The van der Waals surface area contributed by atoms with Gasteiger partial charge in [0.1, 0.15) is 0 Å². The molecule has 1 aromatic heterocycles. The largest absolute Gasteiger partial charge is 0.354 e. The summed E-state index contributed by atoms with van der Waals surface area (Å²) >= 11 is 0. The zero-order valence-corrected chi connectivity index (χ0v) is 9.92. The number of aromatic amines is 1. The van der Waals surface area contributed by atoms with E-state index in [-0.39, 0.29) is 0 Å². The molecule has 0 spiro atoms. The van der Waals surface area contributed by atoms with Gasteiger partial charge in [0.05, 0.1) is 0 Å². The Labute approximate surface area is 96.4 Å². The maximum Gasteiger partial charge on any atom is 0.153 e. The Kier molecular flexibility index (Phi) is 2.59. The highest BCUT2D eigenvalue weighted by molar-refractivity contribution is 5.50. The minimum Gasteiger partial charge on any atom is -0.354 e. The number of nitrogens with zero attached hydrogens (tertiary/aromatic N) is 2. The van der Waals surface area contributed by atoms with E-state index in [1.54, 1.807) is 0 Å². The Morgan fingerprint density at radius 1 is 1.25 bits per heavy atom. The third kappa shape index (κ3) is 1.82. The lowest BCUT2D eigenvalue weighted by atomic mass is 10.2. The predicted octanol–water partition coefficient (Wildman–Crippen LogP) is 1.40. The molecule has 1 aromatic rings. The van der Waals surface area contributed by atoms with Crippen LogP contribution in [-0.4, -0.2) is 36.4 Å². The van der Waals surface area contributed by atoms with Crippen LogP contribution in [0.4, 0.5) is 5.82 Å². The summed E-state index contributed by atoms with van der Waals surface area (Å²) < 4.78 is 0. The SMILES string of the molecule is Cc1c(N2CCCNCC2)n[nH]c1C1CC1. The van der Waals surface area contributed by atoms with Crippen molar-refractivity contribution >= 4 is 5.82 Å². The van der Waals surface area contributed by atoms with Gasteiger partial charge in [-0.3, -0.25) is 5.10 Å². The third-order valence-corrected chi connectivity index (χ3v) is 3.65. The first-order valence-corrected chi connectivity index (χ1v) is 6.37. The van der Waals surface area contributed by atoms with E-state index in [9.17, 15) is 0 Å². The quantitative estimate of drug-likeness (QED) is 0.791. The van der Waals surface area contributed by atoms with Gasteiger partial charge in [-0.2, -0.15) is 5.10 Å². The molecule has 2 fully saturated rings. The van der Waals surface area contributed by atoms with Gasteiger partial charge < -0.3 is 10.2 Å². The molecule has 0 unspecified atom stereocenters. The van der Waals surface area contributed by atoms with Crippen molar-refractivity contribution in [2.24, 2.45) is 0 Å². The lowest BCUT2D eigenvalue weighted by Crippen LogP contribution is -2.28. The van der Waals surface area contributed by atoms with E-state index in [0.29, 0.717) is 0 Å². The minimum absolute atomic E-state index is 0.770. The Hall–Kier alpha value is -1.03. The van der Waals surface area contributed by atoms with Crippen LogP contribution < -0.4 is 10.2 Å². The molecule has 16 heavy (non-hydrogen) atoms. The summed E-state index contributed by atoms with van der Waals surface area (Å²) in [5.41, 5.74) is 2.76. The number of H-pyrrole nitrogens is 1. The van der Waals surface area contributed by atoms with E-state index in [4.69, 9.17) is 0 Å². The summed E-state index contributed by atoms with van der Waals surface area (Å²) in [6, 6.07) is 0. The molecule has 0 aromatic carbocycles. The van der Waals surface area contributed by atoms with Crippen LogP contribution in [0, 0.1) is 6.92 Å². The topological polar surface area (TPSA) is 44.0 Å². The van der Waals surface area contributed by atoms with Crippen molar-refractivity contribution in [1.82, 2.24) is 15.5 Å². The molecule has 1 saturated heterocycles. The maximum atomic E-state index is 4.52. The summed E-state index contributed by atoms with van der Waals surface area (Å²) in [5, 5.41) is 11.2. The molecule has 3 rings (SSSR count). The van der Waals surface area contributed by atoms with Crippen molar-refractivity contribution in [2.75, 3.05) is 31.1 Å². The third-order valence-electron chi connectivity index (χ3n) is 3.65. The van der Waals surface area contributed by atoms with E-state index in [0.717, 1.165) is 32.1 Å². The fraction of sp³-hybridized carbons (Fsp3) is 0.750. The number of rotatable bonds is 2. The molecule has 1 aliphatic heterocycles. The zero-order valence-electron chi connectivity index (χ0n) is 9.92. The Morgan fingerprint density at radius 3 is 2.94 bits per heavy atom. The fourth-order valence-corrected chi connectivity index (χ4v) is 2.54. The zero-order chi connectivity index (χ0) is 11.0. The summed E-state index contributed by atoms with van der Waals surface area (Å²) in [6.07, 6.45) is 3.89. The molecule has 0 atom stereocenters. The molecule has 0 radical (unpaired) electrons. The number of aromatic nitrogens is 2. The van der Waals surface area contributed by atoms with Crippen molar-refractivity contribution < 1.29 is 0 Å². The van der Waals surface area contributed by atoms with Crippen molar-refractivity contribution in [2.45, 2.75) is 32.1 Å². The molecular weight excluding hydrogens is 200 g/mol. The number of nitrogens with one attached hydrogen (secondary N) is 2. The molecule has 88 valence electrons.